The lowest BCUT2D eigenvalue weighted by molar-refractivity contribution is -0.129. The van der Waals surface area contributed by atoms with Crippen molar-refractivity contribution in [2.45, 2.75) is 44.9 Å². The molecule has 2 aliphatic rings. The average molecular weight is 152 g/mol. The highest BCUT2D eigenvalue weighted by Crippen LogP contribution is 2.35. The van der Waals surface area contributed by atoms with Crippen molar-refractivity contribution < 1.29 is 4.79 Å². The maximum atomic E-state index is 11.6. The Labute approximate surface area is 68.2 Å². The molecule has 62 valence electrons. The van der Waals surface area contributed by atoms with Gasteiger partial charge in [0.15, 0.2) is 0 Å². The van der Waals surface area contributed by atoms with Gasteiger partial charge in [0, 0.05) is 11.8 Å². The normalized spacial score (nSPS) is 26.9. The van der Waals surface area contributed by atoms with E-state index in [0.717, 1.165) is 0 Å². The van der Waals surface area contributed by atoms with E-state index in [4.69, 9.17) is 0 Å². The van der Waals surface area contributed by atoms with Crippen LogP contribution in [-0.2, 0) is 4.79 Å². The van der Waals surface area contributed by atoms with Crippen molar-refractivity contribution in [1.29, 1.82) is 0 Å². The maximum Gasteiger partial charge on any atom is 0.139 e. The van der Waals surface area contributed by atoms with E-state index >= 15 is 0 Å². The lowest BCUT2D eigenvalue weighted by Gasteiger charge is -2.26. The van der Waals surface area contributed by atoms with Gasteiger partial charge < -0.3 is 0 Å². The molecule has 0 aromatic heterocycles. The summed E-state index contributed by atoms with van der Waals surface area (Å²) in [5.41, 5.74) is 0. The van der Waals surface area contributed by atoms with Crippen LogP contribution in [0, 0.1) is 11.8 Å². The molecule has 0 unspecified atom stereocenters. The van der Waals surface area contributed by atoms with Gasteiger partial charge in [0.05, 0.1) is 0 Å². The highest BCUT2D eigenvalue weighted by atomic mass is 16.1. The van der Waals surface area contributed by atoms with Gasteiger partial charge in [-0.1, -0.05) is 19.3 Å². The molecular weight excluding hydrogens is 136 g/mol. The number of ketones is 1. The molecule has 2 aliphatic carbocycles. The highest BCUT2D eigenvalue weighted by molar-refractivity contribution is 5.84. The van der Waals surface area contributed by atoms with Gasteiger partial charge in [-0.25, -0.2) is 0 Å². The predicted octanol–water partition coefficient (Wildman–Crippen LogP) is 2.55. The summed E-state index contributed by atoms with van der Waals surface area (Å²) < 4.78 is 0. The maximum absolute atomic E-state index is 11.6. The van der Waals surface area contributed by atoms with Crippen molar-refractivity contribution in [3.63, 3.8) is 0 Å². The second-order valence-electron chi connectivity index (χ2n) is 4.01. The third-order valence-electron chi connectivity index (χ3n) is 3.27. The summed E-state index contributed by atoms with van der Waals surface area (Å²) in [6.07, 6.45) is 8.64. The fraction of sp³-hybridized carbons (Fsp3) is 0.900. The Balaban J connectivity index is 1.87. The zero-order valence-electron chi connectivity index (χ0n) is 7.01. The standard InChI is InChI=1S/C10H16O/c11-10(9-6-3-7-9)8-4-1-2-5-8/h8-9H,1-7H2. The van der Waals surface area contributed by atoms with Crippen LogP contribution in [0.5, 0.6) is 0 Å². The molecule has 0 saturated heterocycles. The highest BCUT2D eigenvalue weighted by Gasteiger charge is 2.32. The van der Waals surface area contributed by atoms with E-state index in [9.17, 15) is 4.79 Å². The molecule has 0 atom stereocenters. The molecule has 0 aromatic carbocycles. The average Bonchev–Trinajstić information content (AvgIpc) is 2.32. The van der Waals surface area contributed by atoms with Gasteiger partial charge in [-0.2, -0.15) is 0 Å². The van der Waals surface area contributed by atoms with E-state index < -0.39 is 0 Å². The van der Waals surface area contributed by atoms with Crippen LogP contribution >= 0.6 is 0 Å². The first-order valence-corrected chi connectivity index (χ1v) is 4.91. The van der Waals surface area contributed by atoms with Crippen molar-refractivity contribution >= 4 is 5.78 Å². The number of hydrogen-bond donors (Lipinski definition) is 0. The van der Waals surface area contributed by atoms with Crippen LogP contribution in [0.4, 0.5) is 0 Å². The largest absolute Gasteiger partial charge is 0.299 e. The summed E-state index contributed by atoms with van der Waals surface area (Å²) in [6, 6.07) is 0. The van der Waals surface area contributed by atoms with E-state index in [1.807, 2.05) is 0 Å². The van der Waals surface area contributed by atoms with Crippen molar-refractivity contribution in [3.8, 4) is 0 Å². The van der Waals surface area contributed by atoms with Gasteiger partial charge in [-0.05, 0) is 25.7 Å². The fourth-order valence-electron chi connectivity index (χ4n) is 2.24. The molecule has 0 bridgehead atoms. The molecule has 0 radical (unpaired) electrons. The van der Waals surface area contributed by atoms with Gasteiger partial charge in [-0.3, -0.25) is 4.79 Å². The lowest BCUT2D eigenvalue weighted by Crippen LogP contribution is -2.27. The van der Waals surface area contributed by atoms with Crippen LogP contribution in [0.25, 0.3) is 0 Å². The molecule has 0 spiro atoms. The molecule has 0 aliphatic heterocycles. The first-order chi connectivity index (χ1) is 5.38. The summed E-state index contributed by atoms with van der Waals surface area (Å²) in [5.74, 6) is 1.56. The third kappa shape index (κ3) is 1.33. The number of carbonyl (C=O) groups excluding carboxylic acids is 1. The van der Waals surface area contributed by atoms with Crippen LogP contribution in [-0.4, -0.2) is 5.78 Å². The van der Waals surface area contributed by atoms with E-state index in [0.29, 0.717) is 17.6 Å². The van der Waals surface area contributed by atoms with E-state index in [-0.39, 0.29) is 0 Å². The fourth-order valence-corrected chi connectivity index (χ4v) is 2.24. The zero-order chi connectivity index (χ0) is 7.68. The Morgan fingerprint density at radius 2 is 1.27 bits per heavy atom. The number of hydrogen-bond acceptors (Lipinski definition) is 1. The summed E-state index contributed by atoms with van der Waals surface area (Å²) >= 11 is 0. The summed E-state index contributed by atoms with van der Waals surface area (Å²) in [4.78, 5) is 11.6. The topological polar surface area (TPSA) is 17.1 Å². The quantitative estimate of drug-likeness (QED) is 0.594. The van der Waals surface area contributed by atoms with E-state index in [2.05, 4.69) is 0 Å². The van der Waals surface area contributed by atoms with Gasteiger partial charge in [0.25, 0.3) is 0 Å². The van der Waals surface area contributed by atoms with E-state index in [1.165, 1.54) is 44.9 Å². The molecule has 11 heavy (non-hydrogen) atoms. The first-order valence-electron chi connectivity index (χ1n) is 4.91. The Morgan fingerprint density at radius 3 is 1.64 bits per heavy atom. The second-order valence-corrected chi connectivity index (χ2v) is 4.01. The predicted molar refractivity (Wildman–Crippen MR) is 44.3 cm³/mol. The van der Waals surface area contributed by atoms with Crippen LogP contribution in [0.2, 0.25) is 0 Å². The van der Waals surface area contributed by atoms with Crippen molar-refractivity contribution in [2.24, 2.45) is 11.8 Å². The van der Waals surface area contributed by atoms with Crippen LogP contribution in [0.3, 0.4) is 0 Å². The van der Waals surface area contributed by atoms with E-state index in [1.54, 1.807) is 0 Å². The molecule has 2 fully saturated rings. The Bertz CT molecular complexity index is 152. The molecule has 1 nitrogen and oxygen atoms in total. The molecule has 2 saturated carbocycles. The summed E-state index contributed by atoms with van der Waals surface area (Å²) in [7, 11) is 0. The minimum absolute atomic E-state index is 0.472. The Morgan fingerprint density at radius 1 is 0.818 bits per heavy atom. The van der Waals surface area contributed by atoms with Crippen LogP contribution < -0.4 is 0 Å². The molecule has 2 rings (SSSR count). The van der Waals surface area contributed by atoms with Gasteiger partial charge in [0.1, 0.15) is 5.78 Å². The SMILES string of the molecule is O=C(C1CCCC1)C1CCC1. The molecule has 0 N–H and O–H groups in total. The second kappa shape index (κ2) is 2.96. The van der Waals surface area contributed by atoms with Crippen molar-refractivity contribution in [1.82, 2.24) is 0 Å². The minimum Gasteiger partial charge on any atom is -0.299 e. The third-order valence-corrected chi connectivity index (χ3v) is 3.27. The van der Waals surface area contributed by atoms with Gasteiger partial charge in [0.2, 0.25) is 0 Å². The number of carbonyl (C=O) groups is 1. The lowest BCUT2D eigenvalue weighted by atomic mass is 9.77. The summed E-state index contributed by atoms with van der Waals surface area (Å²) in [5, 5.41) is 0. The number of rotatable bonds is 2. The van der Waals surface area contributed by atoms with Gasteiger partial charge in [-0.15, -0.1) is 0 Å². The molecule has 1 heteroatoms. The first kappa shape index (κ1) is 7.33. The molecule has 0 aromatic rings. The zero-order valence-corrected chi connectivity index (χ0v) is 7.01. The molecular formula is C10H16O. The number of Topliss-reactive ketones (excluding diaryl/α,β-unsaturated/α-hetero) is 1. The van der Waals surface area contributed by atoms with Crippen molar-refractivity contribution in [3.05, 3.63) is 0 Å². The van der Waals surface area contributed by atoms with Crippen LogP contribution in [0.15, 0.2) is 0 Å². The smallest absolute Gasteiger partial charge is 0.139 e. The minimum atomic E-state index is 0.472. The van der Waals surface area contributed by atoms with Crippen LogP contribution in [0.1, 0.15) is 44.9 Å². The van der Waals surface area contributed by atoms with Crippen molar-refractivity contribution in [2.75, 3.05) is 0 Å². The monoisotopic (exact) mass is 152 g/mol. The summed E-state index contributed by atoms with van der Waals surface area (Å²) in [6.45, 7) is 0. The molecule has 0 amide bonds. The molecule has 0 heterocycles. The van der Waals surface area contributed by atoms with Gasteiger partial charge >= 0.3 is 0 Å². The Kier molecular flexibility index (Phi) is 1.97. The Hall–Kier alpha value is -0.330.